The Morgan fingerprint density at radius 2 is 2.25 bits per heavy atom. The maximum absolute atomic E-state index is 7.78. The molecule has 0 radical (unpaired) electrons. The molecule has 1 aliphatic heterocycles. The van der Waals surface area contributed by atoms with Crippen LogP contribution in [0.3, 0.4) is 0 Å². The molecule has 0 aromatic heterocycles. The average molecular weight is 168 g/mol. The lowest BCUT2D eigenvalue weighted by molar-refractivity contribution is 0.356. The van der Waals surface area contributed by atoms with Crippen molar-refractivity contribution in [2.45, 2.75) is 20.3 Å². The summed E-state index contributed by atoms with van der Waals surface area (Å²) in [5.74, 6) is 0.522. The molecule has 1 aliphatic rings. The third-order valence-electron chi connectivity index (χ3n) is 2.00. The smallest absolute Gasteiger partial charge is 0.214 e. The van der Waals surface area contributed by atoms with Crippen molar-refractivity contribution in [2.24, 2.45) is 5.10 Å². The van der Waals surface area contributed by atoms with Gasteiger partial charge in [-0.25, -0.2) is 5.01 Å². The Labute approximate surface area is 73.4 Å². The Bertz CT molecular complexity index is 183. The molecule has 4 nitrogen and oxygen atoms in total. The standard InChI is InChI=1S/C8H16N4/c1-3-11(4-2)8(9)12-7-5-6-10-12/h6,9H,3-5,7H2,1-2H3. The first kappa shape index (κ1) is 9.03. The molecule has 0 aliphatic carbocycles. The molecular weight excluding hydrogens is 152 g/mol. The van der Waals surface area contributed by atoms with Gasteiger partial charge in [0, 0.05) is 32.3 Å². The lowest BCUT2D eigenvalue weighted by Crippen LogP contribution is -2.40. The molecule has 0 atom stereocenters. The van der Waals surface area contributed by atoms with E-state index in [-0.39, 0.29) is 0 Å². The van der Waals surface area contributed by atoms with Gasteiger partial charge in [0.25, 0.3) is 0 Å². The van der Waals surface area contributed by atoms with Crippen LogP contribution in [0.2, 0.25) is 0 Å². The Morgan fingerprint density at radius 3 is 2.67 bits per heavy atom. The summed E-state index contributed by atoms with van der Waals surface area (Å²) >= 11 is 0. The summed E-state index contributed by atoms with van der Waals surface area (Å²) in [7, 11) is 0. The predicted octanol–water partition coefficient (Wildman–Crippen LogP) is 0.954. The largest absolute Gasteiger partial charge is 0.342 e. The molecule has 0 aromatic rings. The Hall–Kier alpha value is -1.06. The van der Waals surface area contributed by atoms with Gasteiger partial charge in [-0.3, -0.25) is 5.41 Å². The van der Waals surface area contributed by atoms with Crippen LogP contribution >= 0.6 is 0 Å². The van der Waals surface area contributed by atoms with E-state index in [1.54, 1.807) is 5.01 Å². The van der Waals surface area contributed by atoms with E-state index >= 15 is 0 Å². The second kappa shape index (κ2) is 4.09. The Morgan fingerprint density at radius 1 is 1.58 bits per heavy atom. The van der Waals surface area contributed by atoms with Crippen molar-refractivity contribution < 1.29 is 0 Å². The molecule has 0 saturated carbocycles. The highest BCUT2D eigenvalue weighted by Gasteiger charge is 2.15. The maximum Gasteiger partial charge on any atom is 0.214 e. The highest BCUT2D eigenvalue weighted by atomic mass is 15.5. The van der Waals surface area contributed by atoms with Gasteiger partial charge in [0.2, 0.25) is 5.96 Å². The molecule has 12 heavy (non-hydrogen) atoms. The van der Waals surface area contributed by atoms with E-state index in [4.69, 9.17) is 5.41 Å². The molecule has 68 valence electrons. The fourth-order valence-corrected chi connectivity index (χ4v) is 1.24. The monoisotopic (exact) mass is 168 g/mol. The maximum atomic E-state index is 7.78. The van der Waals surface area contributed by atoms with Crippen molar-refractivity contribution in [1.82, 2.24) is 9.91 Å². The highest BCUT2D eigenvalue weighted by Crippen LogP contribution is 2.03. The SMILES string of the molecule is CCN(CC)C(=N)N1CCC=N1. The number of hydrogen-bond acceptors (Lipinski definition) is 2. The summed E-state index contributed by atoms with van der Waals surface area (Å²) < 4.78 is 0. The first-order valence-corrected chi connectivity index (χ1v) is 4.43. The average Bonchev–Trinajstić information content (AvgIpc) is 2.58. The van der Waals surface area contributed by atoms with Gasteiger partial charge in [-0.2, -0.15) is 5.10 Å². The topological polar surface area (TPSA) is 42.7 Å². The summed E-state index contributed by atoms with van der Waals surface area (Å²) in [5.41, 5.74) is 0. The second-order valence-electron chi connectivity index (χ2n) is 2.71. The zero-order chi connectivity index (χ0) is 8.97. The van der Waals surface area contributed by atoms with Gasteiger partial charge < -0.3 is 4.90 Å². The summed E-state index contributed by atoms with van der Waals surface area (Å²) in [6.45, 7) is 6.72. The summed E-state index contributed by atoms with van der Waals surface area (Å²) in [6, 6.07) is 0. The van der Waals surface area contributed by atoms with Gasteiger partial charge in [-0.05, 0) is 13.8 Å². The molecule has 4 heteroatoms. The van der Waals surface area contributed by atoms with Crippen LogP contribution in [-0.2, 0) is 0 Å². The molecule has 1 rings (SSSR count). The minimum absolute atomic E-state index is 0.522. The van der Waals surface area contributed by atoms with E-state index in [9.17, 15) is 0 Å². The van der Waals surface area contributed by atoms with Crippen LogP contribution in [0.25, 0.3) is 0 Å². The number of hydrazone groups is 1. The highest BCUT2D eigenvalue weighted by molar-refractivity contribution is 5.79. The Balaban J connectivity index is 2.50. The van der Waals surface area contributed by atoms with Crippen LogP contribution in [0.5, 0.6) is 0 Å². The molecule has 0 unspecified atom stereocenters. The predicted molar refractivity (Wildman–Crippen MR) is 50.5 cm³/mol. The van der Waals surface area contributed by atoms with Gasteiger partial charge >= 0.3 is 0 Å². The summed E-state index contributed by atoms with van der Waals surface area (Å²) in [4.78, 5) is 1.99. The first-order chi connectivity index (χ1) is 5.79. The van der Waals surface area contributed by atoms with Crippen molar-refractivity contribution in [2.75, 3.05) is 19.6 Å². The third-order valence-corrected chi connectivity index (χ3v) is 2.00. The Kier molecular flexibility index (Phi) is 3.08. The van der Waals surface area contributed by atoms with Crippen LogP contribution < -0.4 is 0 Å². The van der Waals surface area contributed by atoms with E-state index in [1.807, 2.05) is 11.1 Å². The van der Waals surface area contributed by atoms with Gasteiger partial charge in [-0.1, -0.05) is 0 Å². The second-order valence-corrected chi connectivity index (χ2v) is 2.71. The van der Waals surface area contributed by atoms with E-state index in [1.165, 1.54) is 0 Å². The summed E-state index contributed by atoms with van der Waals surface area (Å²) in [5, 5.41) is 13.6. The van der Waals surface area contributed by atoms with Crippen LogP contribution in [0.4, 0.5) is 0 Å². The lowest BCUT2D eigenvalue weighted by Gasteiger charge is -2.26. The quantitative estimate of drug-likeness (QED) is 0.493. The zero-order valence-corrected chi connectivity index (χ0v) is 7.75. The van der Waals surface area contributed by atoms with E-state index < -0.39 is 0 Å². The van der Waals surface area contributed by atoms with Crippen LogP contribution in [0, 0.1) is 5.41 Å². The van der Waals surface area contributed by atoms with Crippen molar-refractivity contribution in [1.29, 1.82) is 5.41 Å². The van der Waals surface area contributed by atoms with E-state index in [2.05, 4.69) is 18.9 Å². The fourth-order valence-electron chi connectivity index (χ4n) is 1.24. The van der Waals surface area contributed by atoms with Gasteiger partial charge in [0.15, 0.2) is 0 Å². The number of hydrogen-bond donors (Lipinski definition) is 1. The molecule has 0 fully saturated rings. The number of nitrogens with zero attached hydrogens (tertiary/aromatic N) is 3. The van der Waals surface area contributed by atoms with E-state index in [0.29, 0.717) is 5.96 Å². The van der Waals surface area contributed by atoms with Gasteiger partial charge in [0.05, 0.1) is 0 Å². The van der Waals surface area contributed by atoms with Crippen molar-refractivity contribution in [3.8, 4) is 0 Å². The van der Waals surface area contributed by atoms with Crippen LogP contribution in [0.15, 0.2) is 5.10 Å². The normalized spacial score (nSPS) is 15.3. The third kappa shape index (κ3) is 1.75. The molecule has 0 spiro atoms. The molecular formula is C8H16N4. The molecule has 0 amide bonds. The molecule has 0 aromatic carbocycles. The molecule has 0 bridgehead atoms. The minimum atomic E-state index is 0.522. The molecule has 1 N–H and O–H groups in total. The van der Waals surface area contributed by atoms with Crippen molar-refractivity contribution >= 4 is 12.2 Å². The van der Waals surface area contributed by atoms with Crippen molar-refractivity contribution in [3.63, 3.8) is 0 Å². The molecule has 1 heterocycles. The molecule has 0 saturated heterocycles. The fraction of sp³-hybridized carbons (Fsp3) is 0.750. The van der Waals surface area contributed by atoms with E-state index in [0.717, 1.165) is 26.1 Å². The minimum Gasteiger partial charge on any atom is -0.342 e. The summed E-state index contributed by atoms with van der Waals surface area (Å²) in [6.07, 6.45) is 2.82. The van der Waals surface area contributed by atoms with Gasteiger partial charge in [0.1, 0.15) is 0 Å². The number of rotatable bonds is 2. The number of guanidine groups is 1. The lowest BCUT2D eigenvalue weighted by atomic mass is 10.5. The number of nitrogens with one attached hydrogen (secondary N) is 1. The van der Waals surface area contributed by atoms with Crippen molar-refractivity contribution in [3.05, 3.63) is 0 Å². The zero-order valence-electron chi connectivity index (χ0n) is 7.75. The first-order valence-electron chi connectivity index (χ1n) is 4.43. The van der Waals surface area contributed by atoms with Crippen LogP contribution in [0.1, 0.15) is 20.3 Å². The van der Waals surface area contributed by atoms with Gasteiger partial charge in [-0.15, -0.1) is 0 Å². The van der Waals surface area contributed by atoms with Crippen LogP contribution in [-0.4, -0.2) is 41.7 Å².